The van der Waals surface area contributed by atoms with Crippen LogP contribution >= 0.6 is 0 Å². The Morgan fingerprint density at radius 2 is 1.40 bits per heavy atom. The second-order valence-electron chi connectivity index (χ2n) is 1.35. The molecule has 0 saturated heterocycles. The van der Waals surface area contributed by atoms with Gasteiger partial charge in [0.1, 0.15) is 0 Å². The van der Waals surface area contributed by atoms with Crippen molar-refractivity contribution in [1.29, 1.82) is 0 Å². The van der Waals surface area contributed by atoms with Crippen LogP contribution in [0.15, 0.2) is 0 Å². The quantitative estimate of drug-likeness (QED) is 0.371. The molecule has 0 bridgehead atoms. The Balaban J connectivity index is 2.19. The highest BCUT2D eigenvalue weighted by atomic mass is 12.9. The summed E-state index contributed by atoms with van der Waals surface area (Å²) in [6, 6.07) is 0. The highest BCUT2D eigenvalue weighted by molar-refractivity contribution is 7.28. The van der Waals surface area contributed by atoms with E-state index in [1.165, 1.54) is 21.4 Å². The lowest BCUT2D eigenvalue weighted by atomic mass is 9.21. The molecule has 0 fully saturated rings. The van der Waals surface area contributed by atoms with E-state index >= 15 is 0 Å². The van der Waals surface area contributed by atoms with E-state index in [0.29, 0.717) is 0 Å². The second-order valence-corrected chi connectivity index (χ2v) is 1.35. The summed E-state index contributed by atoms with van der Waals surface area (Å²) in [6.07, 6.45) is 0. The first-order valence-corrected chi connectivity index (χ1v) is 2.41. The van der Waals surface area contributed by atoms with Crippen molar-refractivity contribution in [2.75, 3.05) is 0 Å². The van der Waals surface area contributed by atoms with E-state index in [1.807, 2.05) is 0 Å². The van der Waals surface area contributed by atoms with Gasteiger partial charge in [0.2, 0.25) is 0 Å². The summed E-state index contributed by atoms with van der Waals surface area (Å²) in [5, 5.41) is 0. The topological polar surface area (TPSA) is 0 Å². The highest BCUT2D eigenvalue weighted by Crippen LogP contribution is 1.48. The molecule has 0 saturated carbocycles. The van der Waals surface area contributed by atoms with Gasteiger partial charge in [-0.1, -0.05) is 13.6 Å². The lowest BCUT2D eigenvalue weighted by molar-refractivity contribution is 2.34. The summed E-state index contributed by atoms with van der Waals surface area (Å²) in [6.45, 7) is 4.42. The van der Waals surface area contributed by atoms with Gasteiger partial charge in [-0.05, 0) is 0 Å². The fraction of sp³-hybridized carbons (Fsp3) is 1.00. The molecule has 3 heteroatoms. The molecule has 26 valence electrons. The van der Waals surface area contributed by atoms with Crippen LogP contribution in [0.5, 0.6) is 0 Å². The van der Waals surface area contributed by atoms with Gasteiger partial charge >= 0.3 is 0 Å². The molecule has 0 heterocycles. The fourth-order valence-electron chi connectivity index (χ4n) is 0.354. The molecular weight excluding hydrogens is 56.5 g/mol. The molecule has 0 aromatic heterocycles. The summed E-state index contributed by atoms with van der Waals surface area (Å²) in [5.41, 5.74) is 0. The van der Waals surface area contributed by atoms with Crippen LogP contribution in [0.1, 0.15) is 0 Å². The third-order valence-corrected chi connectivity index (χ3v) is 0.707. The smallest absolute Gasteiger partial charge is 0.0745 e. The SMILES string of the molecule is CBBBC. The maximum atomic E-state index is 2.21. The average molecular weight is 65.5 g/mol. The predicted molar refractivity (Wildman–Crippen MR) is 33.2 cm³/mol. The summed E-state index contributed by atoms with van der Waals surface area (Å²) >= 11 is 0. The molecule has 0 radical (unpaired) electrons. The van der Waals surface area contributed by atoms with E-state index in [1.54, 1.807) is 0 Å². The van der Waals surface area contributed by atoms with Gasteiger partial charge < -0.3 is 0 Å². The molecule has 0 N–H and O–H groups in total. The van der Waals surface area contributed by atoms with E-state index < -0.39 is 0 Å². The highest BCUT2D eigenvalue weighted by Gasteiger charge is 1.78. The molecule has 0 atom stereocenters. The van der Waals surface area contributed by atoms with Gasteiger partial charge in [-0.3, -0.25) is 0 Å². The maximum absolute atomic E-state index is 2.21. The third kappa shape index (κ3) is 4.19. The number of rotatable bonds is 2. The fourth-order valence-corrected chi connectivity index (χ4v) is 0.354. The van der Waals surface area contributed by atoms with Crippen molar-refractivity contribution >= 4 is 21.4 Å². The zero-order valence-corrected chi connectivity index (χ0v) is 4.12. The second kappa shape index (κ2) is 4.19. The van der Waals surface area contributed by atoms with Crippen molar-refractivity contribution in [3.8, 4) is 0 Å². The Hall–Kier alpha value is 0.195. The van der Waals surface area contributed by atoms with E-state index in [4.69, 9.17) is 0 Å². The van der Waals surface area contributed by atoms with Crippen LogP contribution in [0.25, 0.3) is 0 Å². The van der Waals surface area contributed by atoms with Gasteiger partial charge in [-0.15, -0.1) is 0 Å². The summed E-state index contributed by atoms with van der Waals surface area (Å²) in [5.74, 6) is 0. The first-order chi connectivity index (χ1) is 2.41. The van der Waals surface area contributed by atoms with Crippen molar-refractivity contribution in [1.82, 2.24) is 0 Å². The van der Waals surface area contributed by atoms with Crippen LogP contribution in [0.2, 0.25) is 13.6 Å². The molecule has 0 aromatic carbocycles. The van der Waals surface area contributed by atoms with E-state index in [2.05, 4.69) is 13.6 Å². The minimum absolute atomic E-state index is 1.34. The molecule has 0 aliphatic carbocycles. The predicted octanol–water partition coefficient (Wildman–Crippen LogP) is -0.778. The van der Waals surface area contributed by atoms with Crippen LogP contribution in [0, 0.1) is 0 Å². The summed E-state index contributed by atoms with van der Waals surface area (Å²) in [7, 11) is 4.08. The van der Waals surface area contributed by atoms with Gasteiger partial charge in [0.25, 0.3) is 0 Å². The van der Waals surface area contributed by atoms with Gasteiger partial charge in [-0.25, -0.2) is 0 Å². The van der Waals surface area contributed by atoms with Gasteiger partial charge in [0, 0.05) is 0 Å². The van der Waals surface area contributed by atoms with Crippen LogP contribution in [0.3, 0.4) is 0 Å². The Morgan fingerprint density at radius 3 is 1.40 bits per heavy atom. The molecule has 0 aliphatic rings. The van der Waals surface area contributed by atoms with E-state index in [-0.39, 0.29) is 0 Å². The Kier molecular flexibility index (Phi) is 4.36. The third-order valence-electron chi connectivity index (χ3n) is 0.707. The largest absolute Gasteiger partial charge is 0.0966 e. The summed E-state index contributed by atoms with van der Waals surface area (Å²) < 4.78 is 0. The molecule has 5 heavy (non-hydrogen) atoms. The standard InChI is InChI=1S/C2H9B3/c1-3-5-4-2/h3-5H,1-2H3. The van der Waals surface area contributed by atoms with Crippen molar-refractivity contribution in [3.63, 3.8) is 0 Å². The first-order valence-electron chi connectivity index (χ1n) is 2.41. The van der Waals surface area contributed by atoms with Crippen molar-refractivity contribution in [2.24, 2.45) is 0 Å². The van der Waals surface area contributed by atoms with Crippen LogP contribution in [-0.4, -0.2) is 21.4 Å². The van der Waals surface area contributed by atoms with Gasteiger partial charge in [0.05, 0.1) is 21.4 Å². The Bertz CT molecular complexity index is 12.4. The van der Waals surface area contributed by atoms with Gasteiger partial charge in [-0.2, -0.15) is 0 Å². The Labute approximate surface area is 36.0 Å². The normalized spacial score (nSPS) is 6.00. The lowest BCUT2D eigenvalue weighted by Crippen LogP contribution is -2.03. The molecule has 0 rings (SSSR count). The maximum Gasteiger partial charge on any atom is 0.0745 e. The average Bonchev–Trinajstić information content (AvgIpc) is 1.41. The number of hydrogen-bond donors (Lipinski definition) is 0. The Morgan fingerprint density at radius 1 is 1.00 bits per heavy atom. The zero-order valence-electron chi connectivity index (χ0n) is 4.12. The van der Waals surface area contributed by atoms with Gasteiger partial charge in [0.15, 0.2) is 0 Å². The van der Waals surface area contributed by atoms with Crippen molar-refractivity contribution in [3.05, 3.63) is 0 Å². The molecule has 0 aromatic rings. The minimum Gasteiger partial charge on any atom is -0.0966 e. The van der Waals surface area contributed by atoms with E-state index in [0.717, 1.165) is 0 Å². The van der Waals surface area contributed by atoms with Crippen molar-refractivity contribution < 1.29 is 0 Å². The molecule has 0 nitrogen and oxygen atoms in total. The zero-order chi connectivity index (χ0) is 4.12. The summed E-state index contributed by atoms with van der Waals surface area (Å²) in [4.78, 5) is 0. The molecular formula is C2H9B3. The molecule has 0 amide bonds. The molecule has 0 unspecified atom stereocenters. The van der Waals surface area contributed by atoms with Crippen LogP contribution in [-0.2, 0) is 0 Å². The lowest BCUT2D eigenvalue weighted by Gasteiger charge is -1.69. The number of hydrogen-bond acceptors (Lipinski definition) is 0. The first kappa shape index (κ1) is 5.19. The van der Waals surface area contributed by atoms with E-state index in [9.17, 15) is 0 Å². The van der Waals surface area contributed by atoms with Crippen LogP contribution < -0.4 is 0 Å². The van der Waals surface area contributed by atoms with Crippen LogP contribution in [0.4, 0.5) is 0 Å². The minimum atomic E-state index is 1.34. The monoisotopic (exact) mass is 66.1 g/mol. The van der Waals surface area contributed by atoms with Crippen molar-refractivity contribution in [2.45, 2.75) is 13.6 Å². The molecule has 0 spiro atoms. The molecule has 0 aliphatic heterocycles.